The predicted octanol–water partition coefficient (Wildman–Crippen LogP) is 8.08. The Kier molecular flexibility index (Phi) is 11.3. The van der Waals surface area contributed by atoms with E-state index in [2.05, 4.69) is 83.1 Å². The highest BCUT2D eigenvalue weighted by Crippen LogP contribution is 2.52. The fourth-order valence-corrected chi connectivity index (χ4v) is 8.57. The lowest BCUT2D eigenvalue weighted by Gasteiger charge is -2.36. The number of alkyl carbamates (subject to hydrolysis) is 1. The number of unbranched alkanes of at least 4 members (excludes halogenated alkanes) is 1. The second-order valence-electron chi connectivity index (χ2n) is 14.7. The van der Waals surface area contributed by atoms with Gasteiger partial charge in [0.15, 0.2) is 0 Å². The summed E-state index contributed by atoms with van der Waals surface area (Å²) >= 11 is 4.13. The third-order valence-corrected chi connectivity index (χ3v) is 11.7. The smallest absolute Gasteiger partial charge is 0.408 e. The number of amides is 3. The molecule has 3 amide bonds. The minimum Gasteiger partial charge on any atom is -0.444 e. The Bertz CT molecular complexity index is 1400. The van der Waals surface area contributed by atoms with Crippen LogP contribution in [0.2, 0.25) is 0 Å². The molecular weight excluding hydrogens is 709 g/mol. The molecule has 46 heavy (non-hydrogen) atoms. The summed E-state index contributed by atoms with van der Waals surface area (Å²) in [6, 6.07) is 17.2. The van der Waals surface area contributed by atoms with E-state index in [0.29, 0.717) is 13.0 Å². The Morgan fingerprint density at radius 2 is 1.67 bits per heavy atom. The number of hydrogen-bond acceptors (Lipinski definition) is 5. The Labute approximate surface area is 293 Å². The summed E-state index contributed by atoms with van der Waals surface area (Å²) in [4.78, 5) is 43.5. The van der Waals surface area contributed by atoms with Crippen molar-refractivity contribution in [2.24, 2.45) is 11.3 Å². The molecule has 2 fully saturated rings. The van der Waals surface area contributed by atoms with Crippen LogP contribution < -0.4 is 10.6 Å². The molecule has 1 saturated carbocycles. The van der Waals surface area contributed by atoms with Gasteiger partial charge in [0.25, 0.3) is 0 Å². The van der Waals surface area contributed by atoms with Gasteiger partial charge in [-0.1, -0.05) is 117 Å². The van der Waals surface area contributed by atoms with E-state index in [9.17, 15) is 14.4 Å². The van der Waals surface area contributed by atoms with Gasteiger partial charge in [0.1, 0.15) is 17.7 Å². The molecular formula is C37H50IN3O4S. The Balaban J connectivity index is 1.73. The number of carbonyl (C=O) groups is 3. The van der Waals surface area contributed by atoms with Crippen LogP contribution in [0, 0.1) is 11.3 Å². The fourth-order valence-electron chi connectivity index (χ4n) is 5.95. The summed E-state index contributed by atoms with van der Waals surface area (Å²) < 4.78 is 4.65. The summed E-state index contributed by atoms with van der Waals surface area (Å²) in [5.41, 5.74) is 1.99. The van der Waals surface area contributed by atoms with Crippen molar-refractivity contribution in [2.75, 3.05) is 12.3 Å². The lowest BCUT2D eigenvalue weighted by atomic mass is 9.85. The number of likely N-dealkylation sites (tertiary alicyclic amines) is 1. The van der Waals surface area contributed by atoms with Gasteiger partial charge in [0.05, 0.1) is 8.29 Å². The molecule has 4 rings (SSSR count). The SMILES string of the molecule is C=C[C@@H]1C[C@@]1(I)NC(=O)[C@@H]1C[C@@](SCCCC)(c2ccc(-c3ccccc3)cc2)CN1C(=O)[C@@H](NC(=O)OC(C)(C)C)C(C)(C)C. The van der Waals surface area contributed by atoms with Crippen molar-refractivity contribution in [2.45, 2.75) is 100 Å². The normalized spacial score (nSPS) is 25.0. The van der Waals surface area contributed by atoms with E-state index < -0.39 is 37.5 Å². The highest BCUT2D eigenvalue weighted by atomic mass is 127. The number of benzene rings is 2. The van der Waals surface area contributed by atoms with Crippen LogP contribution >= 0.6 is 34.4 Å². The monoisotopic (exact) mass is 759 g/mol. The first kappa shape index (κ1) is 36.3. The zero-order valence-electron chi connectivity index (χ0n) is 28.3. The molecule has 1 saturated heterocycles. The van der Waals surface area contributed by atoms with Gasteiger partial charge in [0, 0.05) is 12.5 Å². The second kappa shape index (κ2) is 14.3. The van der Waals surface area contributed by atoms with Crippen LogP contribution in [0.15, 0.2) is 67.3 Å². The number of carbonyl (C=O) groups excluding carboxylic acids is 3. The second-order valence-corrected chi connectivity index (χ2v) is 18.1. The molecule has 2 aromatic rings. The largest absolute Gasteiger partial charge is 0.444 e. The lowest BCUT2D eigenvalue weighted by molar-refractivity contribution is -0.142. The number of rotatable bonds is 11. The minimum absolute atomic E-state index is 0.170. The maximum atomic E-state index is 14.6. The van der Waals surface area contributed by atoms with E-state index in [1.165, 1.54) is 0 Å². The highest BCUT2D eigenvalue weighted by Gasteiger charge is 2.56. The molecule has 0 spiro atoms. The average molecular weight is 760 g/mol. The van der Waals surface area contributed by atoms with Crippen molar-refractivity contribution in [3.63, 3.8) is 0 Å². The summed E-state index contributed by atoms with van der Waals surface area (Å²) in [7, 11) is 0. The molecule has 2 aliphatic rings. The summed E-state index contributed by atoms with van der Waals surface area (Å²) in [5, 5.41) is 6.12. The number of nitrogens with zero attached hydrogens (tertiary/aromatic N) is 1. The molecule has 0 bridgehead atoms. The van der Waals surface area contributed by atoms with Crippen LogP contribution in [0.25, 0.3) is 11.1 Å². The summed E-state index contributed by atoms with van der Waals surface area (Å²) in [5.74, 6) is 0.640. The molecule has 250 valence electrons. The molecule has 0 unspecified atom stereocenters. The van der Waals surface area contributed by atoms with E-state index in [-0.39, 0.29) is 17.7 Å². The highest BCUT2D eigenvalue weighted by molar-refractivity contribution is 14.1. The molecule has 2 aromatic carbocycles. The van der Waals surface area contributed by atoms with Crippen LogP contribution in [0.4, 0.5) is 4.79 Å². The van der Waals surface area contributed by atoms with E-state index in [1.54, 1.807) is 25.7 Å². The third kappa shape index (κ3) is 8.68. The van der Waals surface area contributed by atoms with E-state index in [4.69, 9.17) is 4.74 Å². The number of thioether (sulfide) groups is 1. The van der Waals surface area contributed by atoms with Crippen molar-refractivity contribution in [1.82, 2.24) is 15.5 Å². The topological polar surface area (TPSA) is 87.7 Å². The zero-order chi connectivity index (χ0) is 33.9. The van der Waals surface area contributed by atoms with Crippen molar-refractivity contribution in [1.29, 1.82) is 0 Å². The minimum atomic E-state index is -0.898. The Hall–Kier alpha value is -2.53. The van der Waals surface area contributed by atoms with Gasteiger partial charge in [-0.25, -0.2) is 4.79 Å². The summed E-state index contributed by atoms with van der Waals surface area (Å²) in [6.45, 7) is 17.6. The zero-order valence-corrected chi connectivity index (χ0v) is 31.3. The average Bonchev–Trinajstić information content (AvgIpc) is 3.46. The van der Waals surface area contributed by atoms with Gasteiger partial charge < -0.3 is 20.3 Å². The van der Waals surface area contributed by atoms with Gasteiger partial charge in [-0.2, -0.15) is 0 Å². The van der Waals surface area contributed by atoms with Gasteiger partial charge in [-0.05, 0) is 67.9 Å². The molecule has 1 aliphatic carbocycles. The van der Waals surface area contributed by atoms with Crippen molar-refractivity contribution in [3.05, 3.63) is 72.8 Å². The maximum absolute atomic E-state index is 14.6. The van der Waals surface area contributed by atoms with Crippen molar-refractivity contribution < 1.29 is 19.1 Å². The Morgan fingerprint density at radius 3 is 2.22 bits per heavy atom. The molecule has 1 heterocycles. The number of ether oxygens (including phenoxy) is 1. The molecule has 9 heteroatoms. The van der Waals surface area contributed by atoms with Gasteiger partial charge >= 0.3 is 6.09 Å². The van der Waals surface area contributed by atoms with E-state index >= 15 is 0 Å². The van der Waals surface area contributed by atoms with Gasteiger partial charge in [0.2, 0.25) is 11.8 Å². The van der Waals surface area contributed by atoms with Gasteiger partial charge in [-0.3, -0.25) is 9.59 Å². The molecule has 7 nitrogen and oxygen atoms in total. The Morgan fingerprint density at radius 1 is 1.04 bits per heavy atom. The van der Waals surface area contributed by atoms with Crippen molar-refractivity contribution >= 4 is 52.3 Å². The molecule has 0 aromatic heterocycles. The van der Waals surface area contributed by atoms with Gasteiger partial charge in [-0.15, -0.1) is 18.3 Å². The van der Waals surface area contributed by atoms with Crippen LogP contribution in [0.1, 0.15) is 79.7 Å². The number of alkyl halides is 1. The number of hydrogen-bond donors (Lipinski definition) is 2. The van der Waals surface area contributed by atoms with Crippen molar-refractivity contribution in [3.8, 4) is 11.1 Å². The van der Waals surface area contributed by atoms with Crippen LogP contribution in [0.5, 0.6) is 0 Å². The van der Waals surface area contributed by atoms with E-state index in [1.807, 2.05) is 56.8 Å². The molecule has 1 aliphatic heterocycles. The molecule has 5 atom stereocenters. The van der Waals surface area contributed by atoms with Crippen LogP contribution in [0.3, 0.4) is 0 Å². The number of halogens is 1. The van der Waals surface area contributed by atoms with Crippen LogP contribution in [-0.2, 0) is 19.1 Å². The maximum Gasteiger partial charge on any atom is 0.408 e. The molecule has 0 radical (unpaired) electrons. The van der Waals surface area contributed by atoms with Crippen LogP contribution in [-0.4, -0.2) is 56.3 Å². The fraction of sp³-hybridized carbons (Fsp3) is 0.541. The first-order valence-corrected chi connectivity index (χ1v) is 18.3. The lowest BCUT2D eigenvalue weighted by Crippen LogP contribution is -2.58. The predicted molar refractivity (Wildman–Crippen MR) is 197 cm³/mol. The third-order valence-electron chi connectivity index (χ3n) is 8.64. The quantitative estimate of drug-likeness (QED) is 0.0796. The standard InChI is InChI=1S/C37H50IN3O4S/c1-9-11-21-46-36(28-19-17-26(18-20-28)25-15-13-12-14-16-25)23-29(31(42)40-37(38)22-27(37)10-2)41(24-36)32(43)30(34(3,4)5)39-33(44)45-35(6,7)8/h10,12-20,27,29-30H,2,9,11,21-24H2,1,3-8H3,(H,39,44)(H,40,42)/t27-,29+,30-,36+,37-/m1/s1. The molecule has 2 N–H and O–H groups in total. The first-order chi connectivity index (χ1) is 21.5. The first-order valence-electron chi connectivity index (χ1n) is 16.3. The van der Waals surface area contributed by atoms with E-state index in [0.717, 1.165) is 41.7 Å². The number of nitrogens with one attached hydrogen (secondary N) is 2. The summed E-state index contributed by atoms with van der Waals surface area (Å²) in [6.07, 6.45) is 4.59.